The summed E-state index contributed by atoms with van der Waals surface area (Å²) in [5.41, 5.74) is 2.33. The average Bonchev–Trinajstić information content (AvgIpc) is 2.75. The minimum Gasteiger partial charge on any atom is -0.381 e. The lowest BCUT2D eigenvalue weighted by atomic mass is 10.1. The minimum absolute atomic E-state index is 0.100. The first-order valence-electron chi connectivity index (χ1n) is 5.97. The summed E-state index contributed by atoms with van der Waals surface area (Å²) in [7, 11) is 0. The molecule has 2 N–H and O–H groups in total. The molecular weight excluding hydrogens is 303 g/mol. The van der Waals surface area contributed by atoms with Gasteiger partial charge in [0.25, 0.3) is 0 Å². The molecule has 0 aliphatic carbocycles. The van der Waals surface area contributed by atoms with Crippen molar-refractivity contribution in [1.29, 1.82) is 0 Å². The number of benzene rings is 1. The zero-order valence-corrected chi connectivity index (χ0v) is 13.4. The molecule has 4 nitrogen and oxygen atoms in total. The number of fused-ring (bicyclic) bond motifs is 1. The smallest absolute Gasteiger partial charge is 0.130 e. The molecule has 0 fully saturated rings. The van der Waals surface area contributed by atoms with Crippen LogP contribution < -0.4 is 10.6 Å². The second kappa shape index (κ2) is 5.79. The summed E-state index contributed by atoms with van der Waals surface area (Å²) in [6.07, 6.45) is 0. The van der Waals surface area contributed by atoms with Crippen LogP contribution in [0.15, 0.2) is 14.8 Å². The molecule has 1 heterocycles. The summed E-state index contributed by atoms with van der Waals surface area (Å²) in [6, 6.07) is 1.70. The maximum absolute atomic E-state index is 6.20. The van der Waals surface area contributed by atoms with Crippen LogP contribution in [0.25, 0.3) is 0 Å². The third kappa shape index (κ3) is 3.69. The summed E-state index contributed by atoms with van der Waals surface area (Å²) in [5, 5.41) is 7.80. The second-order valence-corrected chi connectivity index (χ2v) is 6.62. The van der Waals surface area contributed by atoms with E-state index >= 15 is 0 Å². The quantitative estimate of drug-likeness (QED) is 0.814. The monoisotopic (exact) mass is 318 g/mol. The van der Waals surface area contributed by atoms with Crippen molar-refractivity contribution in [3.63, 3.8) is 0 Å². The van der Waals surface area contributed by atoms with Crippen LogP contribution in [-0.2, 0) is 11.4 Å². The Bertz CT molecular complexity index is 560. The lowest BCUT2D eigenvalue weighted by molar-refractivity contribution is 0.435. The van der Waals surface area contributed by atoms with Gasteiger partial charge in [-0.05, 0) is 26.8 Å². The van der Waals surface area contributed by atoms with Crippen molar-refractivity contribution in [3.05, 3.63) is 16.1 Å². The van der Waals surface area contributed by atoms with E-state index < -0.39 is 0 Å². The molecule has 0 saturated carbocycles. The van der Waals surface area contributed by atoms with E-state index in [4.69, 9.17) is 23.2 Å². The third-order valence-corrected chi connectivity index (χ3v) is 3.64. The zero-order valence-electron chi connectivity index (χ0n) is 11.1. The van der Waals surface area contributed by atoms with Crippen molar-refractivity contribution in [2.75, 3.05) is 18.4 Å². The Labute approximate surface area is 126 Å². The Morgan fingerprint density at radius 3 is 2.47 bits per heavy atom. The van der Waals surface area contributed by atoms with Crippen LogP contribution in [0.5, 0.6) is 0 Å². The topological polar surface area (TPSA) is 48.8 Å². The molecule has 1 aliphatic rings. The van der Waals surface area contributed by atoms with Crippen molar-refractivity contribution in [2.24, 2.45) is 8.73 Å². The second-order valence-electron chi connectivity index (χ2n) is 5.28. The highest BCUT2D eigenvalue weighted by molar-refractivity contribution is 7.58. The number of anilines is 1. The first kappa shape index (κ1) is 14.8. The van der Waals surface area contributed by atoms with E-state index in [2.05, 4.69) is 40.1 Å². The Kier molecular flexibility index (Phi) is 4.50. The van der Waals surface area contributed by atoms with Crippen LogP contribution in [0.2, 0.25) is 10.0 Å². The number of halogens is 2. The highest BCUT2D eigenvalue weighted by Gasteiger charge is 2.18. The van der Waals surface area contributed by atoms with Crippen LogP contribution in [0.4, 0.5) is 17.1 Å². The van der Waals surface area contributed by atoms with Crippen LogP contribution in [-0.4, -0.2) is 18.6 Å². The maximum atomic E-state index is 6.20. The Hall–Kier alpha value is -0.620. The molecule has 0 atom stereocenters. The zero-order chi connectivity index (χ0) is 14.0. The summed E-state index contributed by atoms with van der Waals surface area (Å²) < 4.78 is 8.42. The summed E-state index contributed by atoms with van der Waals surface area (Å²) >= 11 is 13.4. The van der Waals surface area contributed by atoms with Gasteiger partial charge in [-0.2, -0.15) is 8.73 Å². The highest BCUT2D eigenvalue weighted by atomic mass is 35.5. The summed E-state index contributed by atoms with van der Waals surface area (Å²) in [4.78, 5) is 0. The first-order valence-corrected chi connectivity index (χ1v) is 7.46. The summed E-state index contributed by atoms with van der Waals surface area (Å²) in [5.74, 6) is 0. The fraction of sp³-hybridized carbons (Fsp3) is 0.500. The van der Waals surface area contributed by atoms with Gasteiger partial charge >= 0.3 is 0 Å². The summed E-state index contributed by atoms with van der Waals surface area (Å²) in [6.45, 7) is 7.98. The third-order valence-electron chi connectivity index (χ3n) is 2.53. The Morgan fingerprint density at radius 1 is 1.11 bits per heavy atom. The lowest BCUT2D eigenvalue weighted by Gasteiger charge is -2.21. The maximum Gasteiger partial charge on any atom is 0.130 e. The normalized spacial score (nSPS) is 13.3. The predicted octanol–water partition coefficient (Wildman–Crippen LogP) is 4.52. The molecule has 0 aromatic heterocycles. The van der Waals surface area contributed by atoms with Crippen molar-refractivity contribution in [3.8, 4) is 0 Å². The average molecular weight is 319 g/mol. The van der Waals surface area contributed by atoms with Gasteiger partial charge in [0.15, 0.2) is 0 Å². The van der Waals surface area contributed by atoms with Gasteiger partial charge in [-0.25, -0.2) is 0 Å². The number of nitrogens with one attached hydrogen (secondary N) is 2. The number of nitrogens with zero attached hydrogens (tertiary/aromatic N) is 2. The molecule has 104 valence electrons. The largest absolute Gasteiger partial charge is 0.381 e. The van der Waals surface area contributed by atoms with Crippen LogP contribution >= 0.6 is 23.2 Å². The van der Waals surface area contributed by atoms with E-state index in [9.17, 15) is 0 Å². The van der Waals surface area contributed by atoms with Gasteiger partial charge in [-0.1, -0.05) is 23.2 Å². The molecule has 0 saturated heterocycles. The van der Waals surface area contributed by atoms with Gasteiger partial charge in [0, 0.05) is 18.6 Å². The molecule has 7 heteroatoms. The van der Waals surface area contributed by atoms with Crippen LogP contribution in [0, 0.1) is 0 Å². The van der Waals surface area contributed by atoms with Crippen molar-refractivity contribution < 1.29 is 0 Å². The highest BCUT2D eigenvalue weighted by Crippen LogP contribution is 2.47. The van der Waals surface area contributed by atoms with E-state index in [0.29, 0.717) is 15.7 Å². The SMILES string of the molecule is CC(C)(C)NCCNc1c(Cl)cc(Cl)c2c1N=S=N2. The number of rotatable bonds is 4. The Balaban J connectivity index is 2.06. The number of hydrogen-bond donors (Lipinski definition) is 2. The lowest BCUT2D eigenvalue weighted by Crippen LogP contribution is -2.38. The van der Waals surface area contributed by atoms with Gasteiger partial charge in [0.2, 0.25) is 0 Å². The molecule has 2 rings (SSSR count). The van der Waals surface area contributed by atoms with Crippen molar-refractivity contribution in [1.82, 2.24) is 5.32 Å². The molecule has 0 bridgehead atoms. The van der Waals surface area contributed by atoms with E-state index in [1.54, 1.807) is 6.07 Å². The number of hydrogen-bond acceptors (Lipinski definition) is 4. The van der Waals surface area contributed by atoms with Crippen molar-refractivity contribution >= 4 is 51.6 Å². The van der Waals surface area contributed by atoms with Crippen molar-refractivity contribution in [2.45, 2.75) is 26.3 Å². The minimum atomic E-state index is 0.100. The molecular formula is C12H16Cl2N4S. The molecule has 0 unspecified atom stereocenters. The first-order chi connectivity index (χ1) is 8.88. The molecule has 0 spiro atoms. The molecule has 0 amide bonds. The molecule has 1 aliphatic heterocycles. The van der Waals surface area contributed by atoms with E-state index in [0.717, 1.165) is 35.8 Å². The molecule has 0 radical (unpaired) electrons. The van der Waals surface area contributed by atoms with E-state index in [1.807, 2.05) is 0 Å². The fourth-order valence-electron chi connectivity index (χ4n) is 1.67. The Morgan fingerprint density at radius 2 is 1.79 bits per heavy atom. The van der Waals surface area contributed by atoms with Gasteiger partial charge in [-0.3, -0.25) is 0 Å². The van der Waals surface area contributed by atoms with Gasteiger partial charge in [-0.15, -0.1) is 0 Å². The van der Waals surface area contributed by atoms with Gasteiger partial charge < -0.3 is 10.6 Å². The van der Waals surface area contributed by atoms with Gasteiger partial charge in [0.05, 0.1) is 27.1 Å². The standard InChI is InChI=1S/C12H16Cl2N4S/c1-12(2,3)16-5-4-15-9-7(13)6-8(14)10-11(9)18-19-17-10/h6,15-16H,4-5H2,1-3H3. The molecule has 1 aromatic carbocycles. The van der Waals surface area contributed by atoms with E-state index in [1.165, 1.54) is 0 Å². The van der Waals surface area contributed by atoms with E-state index in [-0.39, 0.29) is 5.54 Å². The van der Waals surface area contributed by atoms with Gasteiger partial charge in [0.1, 0.15) is 11.4 Å². The molecule has 19 heavy (non-hydrogen) atoms. The van der Waals surface area contributed by atoms with Crippen LogP contribution in [0.1, 0.15) is 20.8 Å². The molecule has 1 aromatic rings. The van der Waals surface area contributed by atoms with Crippen LogP contribution in [0.3, 0.4) is 0 Å². The predicted molar refractivity (Wildman–Crippen MR) is 84.2 cm³/mol. The fourth-order valence-corrected chi connectivity index (χ4v) is 2.85.